The molecule has 1 aliphatic carbocycles. The van der Waals surface area contributed by atoms with Crippen molar-refractivity contribution in [3.05, 3.63) is 35.9 Å². The van der Waals surface area contributed by atoms with E-state index in [9.17, 15) is 0 Å². The summed E-state index contributed by atoms with van der Waals surface area (Å²) in [7, 11) is 1.82. The minimum absolute atomic E-state index is 0. The van der Waals surface area contributed by atoms with Gasteiger partial charge in [0.15, 0.2) is 5.96 Å². The number of ether oxygens (including phenoxy) is 1. The van der Waals surface area contributed by atoms with Gasteiger partial charge in [-0.3, -0.25) is 4.99 Å². The van der Waals surface area contributed by atoms with Gasteiger partial charge in [-0.15, -0.1) is 24.0 Å². The number of guanidine groups is 1. The maximum atomic E-state index is 5.33. The largest absolute Gasteiger partial charge is 0.382 e. The quantitative estimate of drug-likeness (QED) is 0.296. The van der Waals surface area contributed by atoms with E-state index in [2.05, 4.69) is 46.0 Å². The first-order chi connectivity index (χ1) is 10.3. The molecule has 124 valence electrons. The molecule has 22 heavy (non-hydrogen) atoms. The van der Waals surface area contributed by atoms with Gasteiger partial charge in [-0.2, -0.15) is 0 Å². The van der Waals surface area contributed by atoms with Crippen LogP contribution in [0.2, 0.25) is 0 Å². The number of halogens is 1. The van der Waals surface area contributed by atoms with Crippen molar-refractivity contribution in [1.82, 2.24) is 10.6 Å². The normalized spacial score (nSPS) is 15.8. The van der Waals surface area contributed by atoms with Gasteiger partial charge >= 0.3 is 0 Å². The van der Waals surface area contributed by atoms with Gasteiger partial charge < -0.3 is 15.4 Å². The van der Waals surface area contributed by atoms with E-state index < -0.39 is 0 Å². The smallest absolute Gasteiger partial charge is 0.191 e. The maximum absolute atomic E-state index is 5.33. The highest BCUT2D eigenvalue weighted by Gasteiger charge is 2.43. The van der Waals surface area contributed by atoms with E-state index in [1.165, 1.54) is 18.4 Å². The van der Waals surface area contributed by atoms with Crippen molar-refractivity contribution in [3.8, 4) is 0 Å². The zero-order valence-corrected chi connectivity index (χ0v) is 15.9. The highest BCUT2D eigenvalue weighted by Crippen LogP contribution is 2.47. The van der Waals surface area contributed by atoms with Gasteiger partial charge in [0.1, 0.15) is 0 Å². The Morgan fingerprint density at radius 3 is 2.55 bits per heavy atom. The number of rotatable bonds is 8. The molecule has 0 amide bonds. The average molecular weight is 417 g/mol. The number of nitrogens with one attached hydrogen (secondary N) is 2. The molecule has 0 aromatic heterocycles. The number of aliphatic imine (C=N–C) groups is 1. The number of hydrogen-bond donors (Lipinski definition) is 2. The van der Waals surface area contributed by atoms with E-state index in [0.29, 0.717) is 5.41 Å². The van der Waals surface area contributed by atoms with Crippen LogP contribution in [0.1, 0.15) is 31.7 Å². The Balaban J connectivity index is 0.00000242. The fourth-order valence-electron chi connectivity index (χ4n) is 2.51. The molecule has 1 fully saturated rings. The fourth-order valence-corrected chi connectivity index (χ4v) is 2.51. The summed E-state index contributed by atoms with van der Waals surface area (Å²) >= 11 is 0. The van der Waals surface area contributed by atoms with E-state index in [0.717, 1.165) is 38.7 Å². The van der Waals surface area contributed by atoms with Gasteiger partial charge in [0, 0.05) is 38.8 Å². The van der Waals surface area contributed by atoms with Crippen LogP contribution in [0.5, 0.6) is 0 Å². The van der Waals surface area contributed by atoms with Crippen LogP contribution in [-0.2, 0) is 10.2 Å². The Labute approximate surface area is 151 Å². The van der Waals surface area contributed by atoms with Crippen molar-refractivity contribution >= 4 is 29.9 Å². The van der Waals surface area contributed by atoms with E-state index >= 15 is 0 Å². The molecule has 0 radical (unpaired) electrons. The van der Waals surface area contributed by atoms with Gasteiger partial charge in [0.05, 0.1) is 0 Å². The summed E-state index contributed by atoms with van der Waals surface area (Å²) < 4.78 is 5.33. The molecule has 0 spiro atoms. The summed E-state index contributed by atoms with van der Waals surface area (Å²) in [6, 6.07) is 10.8. The minimum Gasteiger partial charge on any atom is -0.382 e. The number of benzene rings is 1. The van der Waals surface area contributed by atoms with Crippen molar-refractivity contribution in [3.63, 3.8) is 0 Å². The second-order valence-corrected chi connectivity index (χ2v) is 5.55. The van der Waals surface area contributed by atoms with Gasteiger partial charge in [0.2, 0.25) is 0 Å². The topological polar surface area (TPSA) is 45.6 Å². The molecule has 0 aliphatic heterocycles. The SMILES string of the molecule is CCOCCCNC(=NC)NCC1(c2ccccc2)CC1.I. The van der Waals surface area contributed by atoms with E-state index in [-0.39, 0.29) is 24.0 Å². The minimum atomic E-state index is 0. The number of hydrogen-bond acceptors (Lipinski definition) is 2. The van der Waals surface area contributed by atoms with Crippen LogP contribution in [0.3, 0.4) is 0 Å². The second kappa shape index (κ2) is 10.0. The molecular formula is C17H28IN3O. The van der Waals surface area contributed by atoms with Crippen molar-refractivity contribution in [2.45, 2.75) is 31.6 Å². The third-order valence-electron chi connectivity index (χ3n) is 4.02. The van der Waals surface area contributed by atoms with E-state index in [4.69, 9.17) is 4.74 Å². The average Bonchev–Trinajstić information content (AvgIpc) is 3.32. The lowest BCUT2D eigenvalue weighted by Gasteiger charge is -2.19. The van der Waals surface area contributed by atoms with Crippen LogP contribution in [0.15, 0.2) is 35.3 Å². The lowest BCUT2D eigenvalue weighted by atomic mass is 9.96. The third kappa shape index (κ3) is 5.76. The van der Waals surface area contributed by atoms with Crippen LogP contribution in [0, 0.1) is 0 Å². The Morgan fingerprint density at radius 1 is 1.23 bits per heavy atom. The molecule has 0 saturated heterocycles. The summed E-state index contributed by atoms with van der Waals surface area (Å²) in [5.41, 5.74) is 1.74. The molecule has 1 aromatic rings. The summed E-state index contributed by atoms with van der Waals surface area (Å²) in [4.78, 5) is 4.28. The Morgan fingerprint density at radius 2 is 1.95 bits per heavy atom. The highest BCUT2D eigenvalue weighted by molar-refractivity contribution is 14.0. The molecule has 5 heteroatoms. The summed E-state index contributed by atoms with van der Waals surface area (Å²) in [5.74, 6) is 0.883. The van der Waals surface area contributed by atoms with Gasteiger partial charge in [-0.1, -0.05) is 30.3 Å². The Hall–Kier alpha value is -0.820. The molecule has 1 saturated carbocycles. The lowest BCUT2D eigenvalue weighted by Crippen LogP contribution is -2.41. The highest BCUT2D eigenvalue weighted by atomic mass is 127. The Kier molecular flexibility index (Phi) is 8.78. The van der Waals surface area contributed by atoms with Crippen LogP contribution in [0.4, 0.5) is 0 Å². The van der Waals surface area contributed by atoms with Crippen LogP contribution in [-0.4, -0.2) is 39.3 Å². The monoisotopic (exact) mass is 417 g/mol. The van der Waals surface area contributed by atoms with Crippen molar-refractivity contribution < 1.29 is 4.74 Å². The molecule has 0 unspecified atom stereocenters. The van der Waals surface area contributed by atoms with Crippen molar-refractivity contribution in [1.29, 1.82) is 0 Å². The second-order valence-electron chi connectivity index (χ2n) is 5.55. The first kappa shape index (κ1) is 19.2. The molecular weight excluding hydrogens is 389 g/mol. The van der Waals surface area contributed by atoms with Crippen molar-refractivity contribution in [2.24, 2.45) is 4.99 Å². The zero-order valence-electron chi connectivity index (χ0n) is 13.6. The predicted molar refractivity (Wildman–Crippen MR) is 103 cm³/mol. The predicted octanol–water partition coefficient (Wildman–Crippen LogP) is 2.93. The van der Waals surface area contributed by atoms with Crippen molar-refractivity contribution in [2.75, 3.05) is 33.4 Å². The fraction of sp³-hybridized carbons (Fsp3) is 0.588. The van der Waals surface area contributed by atoms with Gasteiger partial charge in [-0.25, -0.2) is 0 Å². The molecule has 0 bridgehead atoms. The maximum Gasteiger partial charge on any atom is 0.191 e. The number of nitrogens with zero attached hydrogens (tertiary/aromatic N) is 1. The standard InChI is InChI=1S/C17H27N3O.HI/c1-3-21-13-7-12-19-16(18-2)20-14-17(10-11-17)15-8-5-4-6-9-15;/h4-6,8-9H,3,7,10-14H2,1-2H3,(H2,18,19,20);1H. The van der Waals surface area contributed by atoms with E-state index in [1.54, 1.807) is 0 Å². The Bertz CT molecular complexity index is 446. The first-order valence-corrected chi connectivity index (χ1v) is 7.88. The van der Waals surface area contributed by atoms with Gasteiger partial charge in [0.25, 0.3) is 0 Å². The lowest BCUT2D eigenvalue weighted by molar-refractivity contribution is 0.145. The van der Waals surface area contributed by atoms with Crippen LogP contribution in [0.25, 0.3) is 0 Å². The summed E-state index contributed by atoms with van der Waals surface area (Å²) in [5, 5.41) is 6.80. The molecule has 1 aromatic carbocycles. The third-order valence-corrected chi connectivity index (χ3v) is 4.02. The summed E-state index contributed by atoms with van der Waals surface area (Å²) in [6.45, 7) is 5.44. The molecule has 1 aliphatic rings. The molecule has 2 N–H and O–H groups in total. The zero-order chi connectivity index (χ0) is 15.0. The molecule has 0 heterocycles. The van der Waals surface area contributed by atoms with Crippen LogP contribution >= 0.6 is 24.0 Å². The first-order valence-electron chi connectivity index (χ1n) is 7.88. The van der Waals surface area contributed by atoms with Gasteiger partial charge in [-0.05, 0) is 31.7 Å². The summed E-state index contributed by atoms with van der Waals surface area (Å²) in [6.07, 6.45) is 3.51. The van der Waals surface area contributed by atoms with E-state index in [1.807, 2.05) is 14.0 Å². The molecule has 4 nitrogen and oxygen atoms in total. The molecule has 2 rings (SSSR count). The molecule has 0 atom stereocenters. The van der Waals surface area contributed by atoms with Crippen LogP contribution < -0.4 is 10.6 Å².